The van der Waals surface area contributed by atoms with E-state index in [2.05, 4.69) is 39.8 Å². The van der Waals surface area contributed by atoms with Crippen LogP contribution in [0.2, 0.25) is 0 Å². The van der Waals surface area contributed by atoms with Crippen LogP contribution in [0.25, 0.3) is 0 Å². The van der Waals surface area contributed by atoms with Crippen molar-refractivity contribution >= 4 is 0 Å². The zero-order valence-corrected chi connectivity index (χ0v) is 9.93. The summed E-state index contributed by atoms with van der Waals surface area (Å²) in [5, 5.41) is 0. The first kappa shape index (κ1) is 11.5. The Morgan fingerprint density at radius 2 is 2.14 bits per heavy atom. The van der Waals surface area contributed by atoms with Crippen molar-refractivity contribution in [3.8, 4) is 0 Å². The highest BCUT2D eigenvalue weighted by atomic mass is 14.6. The summed E-state index contributed by atoms with van der Waals surface area (Å²) in [6, 6.07) is 0.325. The van der Waals surface area contributed by atoms with Crippen molar-refractivity contribution in [2.75, 3.05) is 0 Å². The Kier molecular flexibility index (Phi) is 3.54. The molecule has 2 N–H and O–H groups in total. The molecule has 1 atom stereocenters. The number of allylic oxidation sites excluding steroid dienone is 3. The first-order valence-electron chi connectivity index (χ1n) is 5.59. The van der Waals surface area contributed by atoms with Crippen molar-refractivity contribution in [3.63, 3.8) is 0 Å². The van der Waals surface area contributed by atoms with Gasteiger partial charge in [-0.05, 0) is 31.6 Å². The zero-order chi connectivity index (χ0) is 10.8. The van der Waals surface area contributed by atoms with Crippen LogP contribution in [0.5, 0.6) is 0 Å². The third kappa shape index (κ3) is 2.48. The Labute approximate surface area is 88.1 Å². The van der Waals surface area contributed by atoms with Crippen molar-refractivity contribution in [1.82, 2.24) is 0 Å². The van der Waals surface area contributed by atoms with Crippen LogP contribution < -0.4 is 5.73 Å². The molecule has 0 heterocycles. The van der Waals surface area contributed by atoms with Crippen LogP contribution in [-0.2, 0) is 0 Å². The van der Waals surface area contributed by atoms with Gasteiger partial charge in [-0.25, -0.2) is 0 Å². The second-order valence-electron chi connectivity index (χ2n) is 5.02. The van der Waals surface area contributed by atoms with E-state index in [0.717, 1.165) is 19.3 Å². The normalized spacial score (nSPS) is 22.6. The maximum atomic E-state index is 6.03. The monoisotopic (exact) mass is 193 g/mol. The summed E-state index contributed by atoms with van der Waals surface area (Å²) < 4.78 is 0. The van der Waals surface area contributed by atoms with Gasteiger partial charge in [0.25, 0.3) is 0 Å². The molecule has 0 aromatic heterocycles. The second kappa shape index (κ2) is 4.31. The van der Waals surface area contributed by atoms with Crippen molar-refractivity contribution in [2.45, 2.75) is 53.0 Å². The van der Waals surface area contributed by atoms with Gasteiger partial charge in [-0.3, -0.25) is 0 Å². The van der Waals surface area contributed by atoms with Gasteiger partial charge in [0.15, 0.2) is 0 Å². The van der Waals surface area contributed by atoms with Crippen LogP contribution >= 0.6 is 0 Å². The molecule has 0 aromatic rings. The van der Waals surface area contributed by atoms with Gasteiger partial charge >= 0.3 is 0 Å². The molecular formula is C13H23N. The molecule has 1 unspecified atom stereocenters. The van der Waals surface area contributed by atoms with Gasteiger partial charge in [0, 0.05) is 6.04 Å². The summed E-state index contributed by atoms with van der Waals surface area (Å²) in [6.45, 7) is 9.00. The van der Waals surface area contributed by atoms with E-state index in [9.17, 15) is 0 Å². The number of rotatable bonds is 3. The van der Waals surface area contributed by atoms with Gasteiger partial charge in [0.2, 0.25) is 0 Å². The third-order valence-corrected chi connectivity index (χ3v) is 3.28. The minimum atomic E-state index is 0.311. The average Bonchev–Trinajstić information content (AvgIpc) is 2.11. The predicted octanol–water partition coefficient (Wildman–Crippen LogP) is 3.42. The molecule has 1 nitrogen and oxygen atoms in total. The largest absolute Gasteiger partial charge is 0.327 e. The van der Waals surface area contributed by atoms with Gasteiger partial charge in [0.05, 0.1) is 0 Å². The Balaban J connectivity index is 2.85. The topological polar surface area (TPSA) is 26.0 Å². The first-order valence-corrected chi connectivity index (χ1v) is 5.59. The van der Waals surface area contributed by atoms with E-state index < -0.39 is 0 Å². The summed E-state index contributed by atoms with van der Waals surface area (Å²) in [6.07, 6.45) is 7.78. The Morgan fingerprint density at radius 3 is 2.64 bits per heavy atom. The highest BCUT2D eigenvalue weighted by Crippen LogP contribution is 2.39. The lowest BCUT2D eigenvalue weighted by molar-refractivity contribution is 0.411. The fourth-order valence-corrected chi connectivity index (χ4v) is 2.13. The molecule has 0 spiro atoms. The Hall–Kier alpha value is -0.560. The van der Waals surface area contributed by atoms with Crippen LogP contribution in [-0.4, -0.2) is 6.04 Å². The molecule has 14 heavy (non-hydrogen) atoms. The second-order valence-corrected chi connectivity index (χ2v) is 5.02. The molecule has 0 aliphatic heterocycles. The SMILES string of the molecule is CCC(N)CC1=C(C)C=CCC1(C)C. The van der Waals surface area contributed by atoms with Crippen LogP contribution in [0.1, 0.15) is 47.0 Å². The fourth-order valence-electron chi connectivity index (χ4n) is 2.13. The molecule has 1 rings (SSSR count). The van der Waals surface area contributed by atoms with E-state index in [1.54, 1.807) is 5.57 Å². The van der Waals surface area contributed by atoms with Crippen LogP contribution in [0, 0.1) is 5.41 Å². The fraction of sp³-hybridized carbons (Fsp3) is 0.692. The van der Waals surface area contributed by atoms with E-state index in [0.29, 0.717) is 11.5 Å². The van der Waals surface area contributed by atoms with Crippen molar-refractivity contribution in [1.29, 1.82) is 0 Å². The van der Waals surface area contributed by atoms with Gasteiger partial charge in [-0.1, -0.05) is 44.1 Å². The number of nitrogens with two attached hydrogens (primary N) is 1. The molecule has 0 saturated heterocycles. The Morgan fingerprint density at radius 1 is 1.50 bits per heavy atom. The number of hydrogen-bond acceptors (Lipinski definition) is 1. The van der Waals surface area contributed by atoms with Crippen LogP contribution in [0.15, 0.2) is 23.3 Å². The average molecular weight is 193 g/mol. The maximum Gasteiger partial charge on any atom is 0.00738 e. The highest BCUT2D eigenvalue weighted by molar-refractivity contribution is 5.33. The van der Waals surface area contributed by atoms with Crippen LogP contribution in [0.3, 0.4) is 0 Å². The van der Waals surface area contributed by atoms with Crippen molar-refractivity contribution in [2.24, 2.45) is 11.1 Å². The molecule has 1 heteroatoms. The van der Waals surface area contributed by atoms with Crippen LogP contribution in [0.4, 0.5) is 0 Å². The highest BCUT2D eigenvalue weighted by Gasteiger charge is 2.26. The summed E-state index contributed by atoms with van der Waals surface area (Å²) in [5.74, 6) is 0. The first-order chi connectivity index (χ1) is 6.47. The summed E-state index contributed by atoms with van der Waals surface area (Å²) in [7, 11) is 0. The summed E-state index contributed by atoms with van der Waals surface area (Å²) in [4.78, 5) is 0. The van der Waals surface area contributed by atoms with E-state index in [4.69, 9.17) is 5.73 Å². The molecule has 0 amide bonds. The lowest BCUT2D eigenvalue weighted by atomic mass is 9.73. The maximum absolute atomic E-state index is 6.03. The van der Waals surface area contributed by atoms with E-state index in [1.165, 1.54) is 5.57 Å². The minimum absolute atomic E-state index is 0.311. The lowest BCUT2D eigenvalue weighted by Gasteiger charge is -2.33. The van der Waals surface area contributed by atoms with Crippen molar-refractivity contribution < 1.29 is 0 Å². The van der Waals surface area contributed by atoms with Gasteiger partial charge in [-0.2, -0.15) is 0 Å². The van der Waals surface area contributed by atoms with E-state index in [1.807, 2.05) is 0 Å². The van der Waals surface area contributed by atoms with Gasteiger partial charge < -0.3 is 5.73 Å². The Bertz CT molecular complexity index is 258. The van der Waals surface area contributed by atoms with Gasteiger partial charge in [0.1, 0.15) is 0 Å². The summed E-state index contributed by atoms with van der Waals surface area (Å²) >= 11 is 0. The zero-order valence-electron chi connectivity index (χ0n) is 9.93. The molecule has 0 bridgehead atoms. The molecule has 0 radical (unpaired) electrons. The standard InChI is InChI=1S/C13H23N/c1-5-11(14)9-12-10(2)7-6-8-13(12,3)4/h6-7,11H,5,8-9,14H2,1-4H3. The minimum Gasteiger partial charge on any atom is -0.327 e. The molecule has 0 saturated carbocycles. The molecule has 1 aliphatic carbocycles. The van der Waals surface area contributed by atoms with E-state index >= 15 is 0 Å². The molecule has 0 fully saturated rings. The molecule has 1 aliphatic rings. The van der Waals surface area contributed by atoms with E-state index in [-0.39, 0.29) is 0 Å². The quantitative estimate of drug-likeness (QED) is 0.730. The smallest absolute Gasteiger partial charge is 0.00738 e. The molecular weight excluding hydrogens is 170 g/mol. The van der Waals surface area contributed by atoms with Gasteiger partial charge in [-0.15, -0.1) is 0 Å². The summed E-state index contributed by atoms with van der Waals surface area (Å²) in [5.41, 5.74) is 9.31. The third-order valence-electron chi connectivity index (χ3n) is 3.28. The molecule has 0 aromatic carbocycles. The lowest BCUT2D eigenvalue weighted by Crippen LogP contribution is -2.26. The number of hydrogen-bond donors (Lipinski definition) is 1. The molecule has 80 valence electrons. The predicted molar refractivity (Wildman–Crippen MR) is 63.1 cm³/mol. The van der Waals surface area contributed by atoms with Crippen molar-refractivity contribution in [3.05, 3.63) is 23.3 Å².